The zero-order valence-electron chi connectivity index (χ0n) is 19.4. The maximum atomic E-state index is 12.4. The highest BCUT2D eigenvalue weighted by Crippen LogP contribution is 2.44. The first-order valence-electron chi connectivity index (χ1n) is 11.5. The van der Waals surface area contributed by atoms with Gasteiger partial charge in [0.05, 0.1) is 12.5 Å². The standard InChI is InChI=1S/C26H30N2O6/c1-26(2,13-23(29)30)28-24(31)22-12-11-16(34-22)14-27-25(32)33-15-21-19-9-5-3-7-17(19)18-8-4-6-10-20(18)21/h3-10,16,21-22H,11-15H2,1-2H3,(H,27,32)(H,28,31)(H,29,30). The van der Waals surface area contributed by atoms with Gasteiger partial charge in [0.2, 0.25) is 5.91 Å². The van der Waals surface area contributed by atoms with Gasteiger partial charge in [-0.05, 0) is 48.9 Å². The monoisotopic (exact) mass is 466 g/mol. The summed E-state index contributed by atoms with van der Waals surface area (Å²) in [6.07, 6.45) is -0.562. The van der Waals surface area contributed by atoms with Crippen molar-refractivity contribution < 1.29 is 29.0 Å². The third-order valence-corrected chi connectivity index (χ3v) is 6.27. The minimum atomic E-state index is -0.984. The third-order valence-electron chi connectivity index (χ3n) is 6.27. The van der Waals surface area contributed by atoms with Gasteiger partial charge in [0.1, 0.15) is 12.7 Å². The van der Waals surface area contributed by atoms with Gasteiger partial charge in [-0.25, -0.2) is 4.79 Å². The van der Waals surface area contributed by atoms with Crippen molar-refractivity contribution >= 4 is 18.0 Å². The molecule has 0 saturated carbocycles. The van der Waals surface area contributed by atoms with Gasteiger partial charge in [-0.3, -0.25) is 9.59 Å². The molecule has 0 radical (unpaired) electrons. The van der Waals surface area contributed by atoms with E-state index in [9.17, 15) is 14.4 Å². The first-order valence-corrected chi connectivity index (χ1v) is 11.5. The molecule has 34 heavy (non-hydrogen) atoms. The average molecular weight is 467 g/mol. The number of aliphatic carboxylic acids is 1. The van der Waals surface area contributed by atoms with E-state index in [4.69, 9.17) is 14.6 Å². The van der Waals surface area contributed by atoms with Gasteiger partial charge in [-0.2, -0.15) is 0 Å². The molecular weight excluding hydrogens is 436 g/mol. The Balaban J connectivity index is 1.24. The molecule has 2 atom stereocenters. The van der Waals surface area contributed by atoms with Gasteiger partial charge < -0.3 is 25.2 Å². The topological polar surface area (TPSA) is 114 Å². The first kappa shape index (κ1) is 23.8. The van der Waals surface area contributed by atoms with Crippen molar-refractivity contribution in [3.05, 3.63) is 59.7 Å². The van der Waals surface area contributed by atoms with Gasteiger partial charge in [-0.1, -0.05) is 48.5 Å². The lowest BCUT2D eigenvalue weighted by Gasteiger charge is -2.26. The fourth-order valence-corrected chi connectivity index (χ4v) is 4.73. The number of benzene rings is 2. The Morgan fingerprint density at radius 1 is 1.03 bits per heavy atom. The summed E-state index contributed by atoms with van der Waals surface area (Å²) in [5.74, 6) is -1.33. The number of hydrogen-bond acceptors (Lipinski definition) is 5. The zero-order chi connectivity index (χ0) is 24.3. The average Bonchev–Trinajstić information content (AvgIpc) is 3.38. The molecule has 4 rings (SSSR count). The van der Waals surface area contributed by atoms with Crippen LogP contribution < -0.4 is 10.6 Å². The molecule has 180 valence electrons. The largest absolute Gasteiger partial charge is 0.481 e. The second-order valence-corrected chi connectivity index (χ2v) is 9.47. The number of carbonyl (C=O) groups excluding carboxylic acids is 2. The highest BCUT2D eigenvalue weighted by Gasteiger charge is 2.34. The molecule has 8 nitrogen and oxygen atoms in total. The fraction of sp³-hybridized carbons (Fsp3) is 0.423. The van der Waals surface area contributed by atoms with Crippen LogP contribution in [0.3, 0.4) is 0 Å². The minimum Gasteiger partial charge on any atom is -0.481 e. The Bertz CT molecular complexity index is 1040. The highest BCUT2D eigenvalue weighted by molar-refractivity contribution is 5.82. The molecule has 1 aliphatic carbocycles. The van der Waals surface area contributed by atoms with Crippen molar-refractivity contribution in [2.24, 2.45) is 0 Å². The van der Waals surface area contributed by atoms with E-state index in [0.717, 1.165) is 11.1 Å². The molecule has 2 unspecified atom stereocenters. The Labute approximate surface area is 198 Å². The van der Waals surface area contributed by atoms with Crippen LogP contribution in [0.25, 0.3) is 11.1 Å². The summed E-state index contributed by atoms with van der Waals surface area (Å²) in [5.41, 5.74) is 3.76. The number of hydrogen-bond donors (Lipinski definition) is 3. The number of carboxylic acid groups (broad SMARTS) is 1. The van der Waals surface area contributed by atoms with Crippen LogP contribution in [-0.4, -0.2) is 54.0 Å². The third kappa shape index (κ3) is 5.39. The van der Waals surface area contributed by atoms with Gasteiger partial charge >= 0.3 is 12.1 Å². The normalized spacial score (nSPS) is 19.2. The molecule has 1 saturated heterocycles. The predicted molar refractivity (Wildman–Crippen MR) is 125 cm³/mol. The Morgan fingerprint density at radius 3 is 2.26 bits per heavy atom. The van der Waals surface area contributed by atoms with Crippen molar-refractivity contribution in [3.63, 3.8) is 0 Å². The van der Waals surface area contributed by atoms with Crippen molar-refractivity contribution in [1.82, 2.24) is 10.6 Å². The molecule has 0 bridgehead atoms. The Hall–Kier alpha value is -3.39. The number of alkyl carbamates (subject to hydrolysis) is 1. The summed E-state index contributed by atoms with van der Waals surface area (Å²) in [6, 6.07) is 16.3. The van der Waals surface area contributed by atoms with Crippen LogP contribution in [0.4, 0.5) is 4.79 Å². The van der Waals surface area contributed by atoms with Crippen LogP contribution >= 0.6 is 0 Å². The summed E-state index contributed by atoms with van der Waals surface area (Å²) in [4.78, 5) is 35.7. The molecule has 1 aliphatic heterocycles. The van der Waals surface area contributed by atoms with Crippen molar-refractivity contribution in [2.75, 3.05) is 13.2 Å². The molecule has 0 aromatic heterocycles. The molecule has 8 heteroatoms. The van der Waals surface area contributed by atoms with E-state index in [0.29, 0.717) is 12.8 Å². The highest BCUT2D eigenvalue weighted by atomic mass is 16.5. The first-order chi connectivity index (χ1) is 16.2. The maximum Gasteiger partial charge on any atom is 0.407 e. The second-order valence-electron chi connectivity index (χ2n) is 9.47. The maximum absolute atomic E-state index is 12.4. The van der Waals surface area contributed by atoms with Crippen molar-refractivity contribution in [3.8, 4) is 11.1 Å². The van der Waals surface area contributed by atoms with E-state index >= 15 is 0 Å². The van der Waals surface area contributed by atoms with Gasteiger partial charge in [0.25, 0.3) is 0 Å². The molecule has 3 N–H and O–H groups in total. The van der Waals surface area contributed by atoms with Crippen LogP contribution in [0.2, 0.25) is 0 Å². The number of carboxylic acids is 1. The molecule has 2 aromatic rings. The van der Waals surface area contributed by atoms with E-state index in [2.05, 4.69) is 34.9 Å². The molecular formula is C26H30N2O6. The van der Waals surface area contributed by atoms with Crippen LogP contribution in [0.5, 0.6) is 0 Å². The lowest BCUT2D eigenvalue weighted by atomic mass is 9.98. The van der Waals surface area contributed by atoms with Crippen LogP contribution in [-0.2, 0) is 19.1 Å². The molecule has 0 spiro atoms. The summed E-state index contributed by atoms with van der Waals surface area (Å²) < 4.78 is 11.3. The number of amides is 2. The summed E-state index contributed by atoms with van der Waals surface area (Å²) in [6.45, 7) is 3.78. The van der Waals surface area contributed by atoms with E-state index in [-0.39, 0.29) is 37.5 Å². The number of carbonyl (C=O) groups is 3. The van der Waals surface area contributed by atoms with Crippen LogP contribution in [0, 0.1) is 0 Å². The van der Waals surface area contributed by atoms with E-state index in [1.165, 1.54) is 11.1 Å². The lowest BCUT2D eigenvalue weighted by Crippen LogP contribution is -2.49. The van der Waals surface area contributed by atoms with Gasteiger partial charge in [0.15, 0.2) is 0 Å². The van der Waals surface area contributed by atoms with Gasteiger partial charge in [-0.15, -0.1) is 0 Å². The molecule has 2 amide bonds. The Kier molecular flexibility index (Phi) is 6.88. The summed E-state index contributed by atoms with van der Waals surface area (Å²) in [7, 11) is 0. The fourth-order valence-electron chi connectivity index (χ4n) is 4.73. The molecule has 1 heterocycles. The molecule has 2 aliphatic rings. The molecule has 1 fully saturated rings. The van der Waals surface area contributed by atoms with E-state index in [1.54, 1.807) is 13.8 Å². The number of ether oxygens (including phenoxy) is 2. The zero-order valence-corrected chi connectivity index (χ0v) is 19.4. The Morgan fingerprint density at radius 2 is 1.65 bits per heavy atom. The summed E-state index contributed by atoms with van der Waals surface area (Å²) >= 11 is 0. The minimum absolute atomic E-state index is 0.0110. The quantitative estimate of drug-likeness (QED) is 0.549. The van der Waals surface area contributed by atoms with Crippen LogP contribution in [0.1, 0.15) is 50.2 Å². The van der Waals surface area contributed by atoms with E-state index < -0.39 is 23.7 Å². The number of fused-ring (bicyclic) bond motifs is 3. The predicted octanol–water partition coefficient (Wildman–Crippen LogP) is 3.44. The summed E-state index contributed by atoms with van der Waals surface area (Å²) in [5, 5.41) is 14.4. The van der Waals surface area contributed by atoms with E-state index in [1.807, 2.05) is 24.3 Å². The van der Waals surface area contributed by atoms with Crippen LogP contribution in [0.15, 0.2) is 48.5 Å². The smallest absolute Gasteiger partial charge is 0.407 e. The second kappa shape index (κ2) is 9.85. The van der Waals surface area contributed by atoms with Crippen molar-refractivity contribution in [1.29, 1.82) is 0 Å². The molecule has 2 aromatic carbocycles. The SMILES string of the molecule is CC(C)(CC(=O)O)NC(=O)C1CCC(CNC(=O)OCC2c3ccccc3-c3ccccc32)O1. The lowest BCUT2D eigenvalue weighted by molar-refractivity contribution is -0.139. The number of rotatable bonds is 8. The van der Waals surface area contributed by atoms with Gasteiger partial charge in [0, 0.05) is 18.0 Å². The van der Waals surface area contributed by atoms with Crippen molar-refractivity contribution in [2.45, 2.75) is 56.8 Å². The number of nitrogens with one attached hydrogen (secondary N) is 2.